The Bertz CT molecular complexity index is 984. The summed E-state index contributed by atoms with van der Waals surface area (Å²) in [7, 11) is 1.52. The summed E-state index contributed by atoms with van der Waals surface area (Å²) < 4.78 is 31.2. The summed E-state index contributed by atoms with van der Waals surface area (Å²) in [6.07, 6.45) is 2.60. The molecule has 0 saturated heterocycles. The van der Waals surface area contributed by atoms with Crippen molar-refractivity contribution in [2.24, 2.45) is 0 Å². The molecule has 138 valence electrons. The maximum absolute atomic E-state index is 13.2. The van der Waals surface area contributed by atoms with Crippen molar-refractivity contribution in [3.8, 4) is 5.75 Å². The molecule has 0 atom stereocenters. The summed E-state index contributed by atoms with van der Waals surface area (Å²) in [5.41, 5.74) is 0.909. The Labute approximate surface area is 158 Å². The van der Waals surface area contributed by atoms with Crippen LogP contribution in [0.3, 0.4) is 0 Å². The maximum atomic E-state index is 13.2. The van der Waals surface area contributed by atoms with Gasteiger partial charge >= 0.3 is 0 Å². The van der Waals surface area contributed by atoms with Crippen molar-refractivity contribution >= 4 is 34.8 Å². The summed E-state index contributed by atoms with van der Waals surface area (Å²) in [5, 5.41) is 5.80. The van der Waals surface area contributed by atoms with E-state index in [1.807, 2.05) is 0 Å². The van der Waals surface area contributed by atoms with E-state index < -0.39 is 17.5 Å². The van der Waals surface area contributed by atoms with Gasteiger partial charge in [0.05, 0.1) is 17.7 Å². The monoisotopic (exact) mass is 390 g/mol. The molecule has 0 radical (unpaired) electrons. The molecule has 0 aliphatic carbocycles. The van der Waals surface area contributed by atoms with E-state index in [2.05, 4.69) is 20.6 Å². The predicted molar refractivity (Wildman–Crippen MR) is 97.6 cm³/mol. The number of rotatable bonds is 5. The minimum Gasteiger partial charge on any atom is -0.495 e. The van der Waals surface area contributed by atoms with Gasteiger partial charge in [0.1, 0.15) is 5.75 Å². The highest BCUT2D eigenvalue weighted by atomic mass is 35.5. The lowest BCUT2D eigenvalue weighted by atomic mass is 10.2. The first-order valence-corrected chi connectivity index (χ1v) is 8.03. The van der Waals surface area contributed by atoms with Crippen LogP contribution in [0.5, 0.6) is 5.75 Å². The van der Waals surface area contributed by atoms with Crippen molar-refractivity contribution in [1.29, 1.82) is 0 Å². The lowest BCUT2D eigenvalue weighted by Gasteiger charge is -2.08. The second-order valence-electron chi connectivity index (χ2n) is 5.35. The van der Waals surface area contributed by atoms with Crippen LogP contribution in [-0.4, -0.2) is 23.0 Å². The Morgan fingerprint density at radius 1 is 1.04 bits per heavy atom. The van der Waals surface area contributed by atoms with Crippen molar-refractivity contribution < 1.29 is 18.3 Å². The molecule has 0 unspecified atom stereocenters. The number of hydrogen-bond donors (Lipinski definition) is 2. The molecule has 1 heterocycles. The summed E-state index contributed by atoms with van der Waals surface area (Å²) in [5.74, 6) is -1.82. The van der Waals surface area contributed by atoms with Crippen LogP contribution >= 0.6 is 11.6 Å². The number of halogens is 3. The molecule has 27 heavy (non-hydrogen) atoms. The third-order valence-corrected chi connectivity index (χ3v) is 3.79. The van der Waals surface area contributed by atoms with Gasteiger partial charge in [-0.3, -0.25) is 4.79 Å². The maximum Gasteiger partial charge on any atom is 0.258 e. The number of ether oxygens (including phenoxy) is 1. The van der Waals surface area contributed by atoms with E-state index in [4.69, 9.17) is 16.3 Å². The van der Waals surface area contributed by atoms with Crippen LogP contribution in [0, 0.1) is 11.6 Å². The number of benzene rings is 2. The van der Waals surface area contributed by atoms with Crippen LogP contribution in [-0.2, 0) is 0 Å². The summed E-state index contributed by atoms with van der Waals surface area (Å²) >= 11 is 6.05. The van der Waals surface area contributed by atoms with Crippen molar-refractivity contribution in [2.75, 3.05) is 17.7 Å². The average Bonchev–Trinajstić information content (AvgIpc) is 2.65. The first kappa shape index (κ1) is 18.5. The molecule has 3 aromatic rings. The fourth-order valence-electron chi connectivity index (χ4n) is 2.16. The lowest BCUT2D eigenvalue weighted by Crippen LogP contribution is -2.13. The molecule has 0 bridgehead atoms. The highest BCUT2D eigenvalue weighted by Crippen LogP contribution is 2.28. The number of methoxy groups -OCH3 is 1. The van der Waals surface area contributed by atoms with Gasteiger partial charge < -0.3 is 15.4 Å². The standard InChI is InChI=1S/C18H13ClF2N4O2/c1-27-16-5-3-11(6-13(16)19)25-18-22-8-10(9-23-18)17(26)24-12-2-4-14(20)15(21)7-12/h2-9H,1H3,(H,24,26)(H,22,23,25). The summed E-state index contributed by atoms with van der Waals surface area (Å²) in [6, 6.07) is 8.13. The molecule has 1 amide bonds. The fraction of sp³-hybridized carbons (Fsp3) is 0.0556. The number of nitrogens with zero attached hydrogens (tertiary/aromatic N) is 2. The summed E-state index contributed by atoms with van der Waals surface area (Å²) in [4.78, 5) is 20.2. The Kier molecular flexibility index (Phi) is 5.46. The van der Waals surface area contributed by atoms with Crippen molar-refractivity contribution in [1.82, 2.24) is 9.97 Å². The number of hydrogen-bond acceptors (Lipinski definition) is 5. The Morgan fingerprint density at radius 3 is 2.37 bits per heavy atom. The largest absolute Gasteiger partial charge is 0.495 e. The van der Waals surface area contributed by atoms with Crippen molar-refractivity contribution in [3.63, 3.8) is 0 Å². The van der Waals surface area contributed by atoms with E-state index in [9.17, 15) is 13.6 Å². The van der Waals surface area contributed by atoms with Gasteiger partial charge in [0, 0.05) is 29.8 Å². The molecule has 0 spiro atoms. The number of carbonyl (C=O) groups is 1. The van der Waals surface area contributed by atoms with Crippen molar-refractivity contribution in [3.05, 3.63) is 71.0 Å². The Hall–Kier alpha value is -3.26. The van der Waals surface area contributed by atoms with Gasteiger partial charge in [-0.05, 0) is 30.3 Å². The molecule has 0 saturated carbocycles. The Balaban J connectivity index is 1.68. The SMILES string of the molecule is COc1ccc(Nc2ncc(C(=O)Nc3ccc(F)c(F)c3)cn2)cc1Cl. The van der Waals surface area contributed by atoms with Crippen LogP contribution in [0.2, 0.25) is 5.02 Å². The topological polar surface area (TPSA) is 76.1 Å². The molecule has 9 heteroatoms. The quantitative estimate of drug-likeness (QED) is 0.674. The number of carbonyl (C=O) groups excluding carboxylic acids is 1. The minimum atomic E-state index is -1.05. The van der Waals surface area contributed by atoms with Gasteiger partial charge in [-0.25, -0.2) is 18.7 Å². The van der Waals surface area contributed by atoms with Crippen molar-refractivity contribution in [2.45, 2.75) is 0 Å². The second-order valence-corrected chi connectivity index (χ2v) is 5.76. The normalized spacial score (nSPS) is 10.4. The van der Waals surface area contributed by atoms with Crippen LogP contribution < -0.4 is 15.4 Å². The lowest BCUT2D eigenvalue weighted by molar-refractivity contribution is 0.102. The molecule has 0 aliphatic heterocycles. The number of amides is 1. The predicted octanol–water partition coefficient (Wildman–Crippen LogP) is 4.41. The van der Waals surface area contributed by atoms with Gasteiger partial charge in [0.15, 0.2) is 11.6 Å². The first-order chi connectivity index (χ1) is 13.0. The highest BCUT2D eigenvalue weighted by molar-refractivity contribution is 6.32. The fourth-order valence-corrected chi connectivity index (χ4v) is 2.42. The smallest absolute Gasteiger partial charge is 0.258 e. The third kappa shape index (κ3) is 4.48. The molecule has 3 rings (SSSR count). The molecule has 1 aromatic heterocycles. The third-order valence-electron chi connectivity index (χ3n) is 3.50. The van der Waals surface area contributed by atoms with E-state index in [0.29, 0.717) is 16.5 Å². The molecule has 0 aliphatic rings. The van der Waals surface area contributed by atoms with E-state index in [-0.39, 0.29) is 17.2 Å². The zero-order chi connectivity index (χ0) is 19.4. The van der Waals surface area contributed by atoms with E-state index in [0.717, 1.165) is 12.1 Å². The van der Waals surface area contributed by atoms with Gasteiger partial charge in [-0.15, -0.1) is 0 Å². The van der Waals surface area contributed by atoms with Crippen LogP contribution in [0.25, 0.3) is 0 Å². The van der Waals surface area contributed by atoms with Gasteiger partial charge in [-0.2, -0.15) is 0 Å². The minimum absolute atomic E-state index is 0.119. The molecule has 2 N–H and O–H groups in total. The first-order valence-electron chi connectivity index (χ1n) is 7.65. The van der Waals surface area contributed by atoms with Gasteiger partial charge in [-0.1, -0.05) is 11.6 Å². The Morgan fingerprint density at radius 2 is 1.74 bits per heavy atom. The zero-order valence-electron chi connectivity index (χ0n) is 14.0. The number of anilines is 3. The van der Waals surface area contributed by atoms with E-state index >= 15 is 0 Å². The van der Waals surface area contributed by atoms with Crippen LogP contribution in [0.1, 0.15) is 10.4 Å². The van der Waals surface area contributed by atoms with Crippen LogP contribution in [0.4, 0.5) is 26.1 Å². The van der Waals surface area contributed by atoms with Gasteiger partial charge in [0.25, 0.3) is 5.91 Å². The average molecular weight is 391 g/mol. The number of aromatic nitrogens is 2. The summed E-state index contributed by atoms with van der Waals surface area (Å²) in [6.45, 7) is 0. The number of nitrogens with one attached hydrogen (secondary N) is 2. The highest BCUT2D eigenvalue weighted by Gasteiger charge is 2.10. The van der Waals surface area contributed by atoms with E-state index in [1.54, 1.807) is 18.2 Å². The van der Waals surface area contributed by atoms with E-state index in [1.165, 1.54) is 25.6 Å². The molecular weight excluding hydrogens is 378 g/mol. The zero-order valence-corrected chi connectivity index (χ0v) is 14.7. The van der Waals surface area contributed by atoms with Crippen LogP contribution in [0.15, 0.2) is 48.8 Å². The molecule has 6 nitrogen and oxygen atoms in total. The second kappa shape index (κ2) is 7.96. The van der Waals surface area contributed by atoms with Gasteiger partial charge in [0.2, 0.25) is 5.95 Å². The molecule has 0 fully saturated rings. The molecule has 2 aromatic carbocycles. The molecular formula is C18H13ClF2N4O2.